The summed E-state index contributed by atoms with van der Waals surface area (Å²) in [6, 6.07) is -2.07. The Balaban J connectivity index is 1.89. The molecule has 11 nitrogen and oxygen atoms in total. The van der Waals surface area contributed by atoms with Crippen LogP contribution in [0.3, 0.4) is 0 Å². The number of ether oxygens (including phenoxy) is 1. The first-order chi connectivity index (χ1) is 18.4. The minimum Gasteiger partial charge on any atom is -0.444 e. The Morgan fingerprint density at radius 3 is 2.45 bits per heavy atom. The molecule has 40 heavy (non-hydrogen) atoms. The van der Waals surface area contributed by atoms with Crippen LogP contribution in [0.4, 0.5) is 18.0 Å². The lowest BCUT2D eigenvalue weighted by Crippen LogP contribution is -2.59. The standard InChI is InChI=1S/C25H37F3N4O7S/c1-15-12-18-19(33)30-24(21(35)31-40(37,38)25(26,27)28)13-16(24)10-8-6-5-7-9-11-17(20(34)32(18)14-15)29-22(36)39-23(2,3)4/h8,10,15-18H,5-7,9,11-14H2,1-4H3,(H,29,36)(H,30,33)(H,31,35)/b10-8-/t15-,16-,17+,18+,24-/m1/s1. The zero-order chi connectivity index (χ0) is 30.1. The van der Waals surface area contributed by atoms with E-state index in [0.717, 1.165) is 4.72 Å². The van der Waals surface area contributed by atoms with Gasteiger partial charge in [-0.05, 0) is 58.8 Å². The lowest BCUT2D eigenvalue weighted by molar-refractivity contribution is -0.141. The summed E-state index contributed by atoms with van der Waals surface area (Å²) in [6.45, 7) is 7.02. The molecule has 15 heteroatoms. The number of halogens is 3. The van der Waals surface area contributed by atoms with Gasteiger partial charge in [-0.15, -0.1) is 0 Å². The number of nitrogens with one attached hydrogen (secondary N) is 3. The van der Waals surface area contributed by atoms with Gasteiger partial charge < -0.3 is 20.3 Å². The molecule has 226 valence electrons. The summed E-state index contributed by atoms with van der Waals surface area (Å²) < 4.78 is 68.5. The highest BCUT2D eigenvalue weighted by atomic mass is 32.2. The van der Waals surface area contributed by atoms with Crippen molar-refractivity contribution in [2.24, 2.45) is 11.8 Å². The molecule has 0 bridgehead atoms. The molecule has 2 aliphatic heterocycles. The van der Waals surface area contributed by atoms with Crippen molar-refractivity contribution in [2.45, 2.75) is 101 Å². The summed E-state index contributed by atoms with van der Waals surface area (Å²) in [4.78, 5) is 53.8. The fourth-order valence-electron chi connectivity index (χ4n) is 5.05. The SMILES string of the molecule is C[C@@H]1C[C@H]2C(=O)N[C@]3(C(=O)NS(=O)(=O)C(F)(F)F)C[C@H]3/C=C\CCCCC[C@H](NC(=O)OC(C)(C)C)C(=O)N2C1. The number of carbonyl (C=O) groups excluding carboxylic acids is 4. The van der Waals surface area contributed by atoms with E-state index >= 15 is 0 Å². The third-order valence-corrected chi connectivity index (χ3v) is 8.18. The molecule has 0 aromatic carbocycles. The molecule has 0 unspecified atom stereocenters. The molecule has 4 amide bonds. The second-order valence-electron chi connectivity index (χ2n) is 11.8. The summed E-state index contributed by atoms with van der Waals surface area (Å²) in [7, 11) is -6.00. The molecular formula is C25H37F3N4O7S. The summed E-state index contributed by atoms with van der Waals surface area (Å²) in [5, 5.41) is 5.08. The molecule has 3 aliphatic rings. The number of hydrogen-bond donors (Lipinski definition) is 3. The van der Waals surface area contributed by atoms with E-state index in [1.165, 1.54) is 4.90 Å². The van der Waals surface area contributed by atoms with Crippen molar-refractivity contribution in [1.82, 2.24) is 20.3 Å². The van der Waals surface area contributed by atoms with E-state index in [1.807, 2.05) is 6.92 Å². The van der Waals surface area contributed by atoms with Crippen molar-refractivity contribution in [2.75, 3.05) is 6.54 Å². The molecule has 3 N–H and O–H groups in total. The number of alkyl carbamates (subject to hydrolysis) is 1. The van der Waals surface area contributed by atoms with E-state index in [0.29, 0.717) is 32.1 Å². The number of allylic oxidation sites excluding steroid dienone is 1. The van der Waals surface area contributed by atoms with Crippen LogP contribution in [0.25, 0.3) is 0 Å². The Bertz CT molecular complexity index is 1150. The normalized spacial score (nSPS) is 31.0. The van der Waals surface area contributed by atoms with Crippen LogP contribution in [0.5, 0.6) is 0 Å². The Morgan fingerprint density at radius 2 is 1.82 bits per heavy atom. The summed E-state index contributed by atoms with van der Waals surface area (Å²) in [6.07, 6.45) is 5.45. The maximum absolute atomic E-state index is 13.6. The van der Waals surface area contributed by atoms with Gasteiger partial charge in [-0.1, -0.05) is 31.9 Å². The molecule has 1 saturated carbocycles. The zero-order valence-corrected chi connectivity index (χ0v) is 23.8. The van der Waals surface area contributed by atoms with Crippen LogP contribution in [0.1, 0.15) is 72.6 Å². The molecule has 1 aliphatic carbocycles. The summed E-state index contributed by atoms with van der Waals surface area (Å²) in [5.74, 6) is -3.67. The van der Waals surface area contributed by atoms with E-state index in [4.69, 9.17) is 4.74 Å². The third-order valence-electron chi connectivity index (χ3n) is 7.11. The van der Waals surface area contributed by atoms with Crippen molar-refractivity contribution in [3.05, 3.63) is 12.2 Å². The highest BCUT2D eigenvalue weighted by Gasteiger charge is 2.63. The van der Waals surface area contributed by atoms with Gasteiger partial charge in [0.15, 0.2) is 0 Å². The fraction of sp³-hybridized carbons (Fsp3) is 0.760. The molecule has 1 saturated heterocycles. The van der Waals surface area contributed by atoms with Gasteiger partial charge in [0.2, 0.25) is 11.8 Å². The van der Waals surface area contributed by atoms with Gasteiger partial charge in [-0.2, -0.15) is 21.6 Å². The topological polar surface area (TPSA) is 151 Å². The lowest BCUT2D eigenvalue weighted by atomic mass is 10.0. The molecule has 3 rings (SSSR count). The van der Waals surface area contributed by atoms with Crippen LogP contribution < -0.4 is 15.4 Å². The number of hydrogen-bond acceptors (Lipinski definition) is 7. The van der Waals surface area contributed by atoms with Gasteiger partial charge in [0, 0.05) is 12.5 Å². The molecule has 0 radical (unpaired) electrons. The Morgan fingerprint density at radius 1 is 1.15 bits per heavy atom. The lowest BCUT2D eigenvalue weighted by Gasteiger charge is -2.30. The van der Waals surface area contributed by atoms with Gasteiger partial charge >= 0.3 is 21.6 Å². The van der Waals surface area contributed by atoms with Crippen LogP contribution in [0.2, 0.25) is 0 Å². The fourth-order valence-corrected chi connectivity index (χ4v) is 5.59. The van der Waals surface area contributed by atoms with Crippen molar-refractivity contribution < 1.29 is 45.5 Å². The van der Waals surface area contributed by atoms with Crippen molar-refractivity contribution in [3.63, 3.8) is 0 Å². The maximum Gasteiger partial charge on any atom is 0.516 e. The van der Waals surface area contributed by atoms with E-state index in [9.17, 15) is 40.8 Å². The molecule has 0 spiro atoms. The molecule has 0 aromatic heterocycles. The Kier molecular flexibility index (Phi) is 9.16. The zero-order valence-electron chi connectivity index (χ0n) is 23.0. The van der Waals surface area contributed by atoms with Gasteiger partial charge in [0.1, 0.15) is 23.2 Å². The predicted molar refractivity (Wildman–Crippen MR) is 137 cm³/mol. The van der Waals surface area contributed by atoms with E-state index in [-0.39, 0.29) is 25.3 Å². The van der Waals surface area contributed by atoms with Crippen LogP contribution in [0.15, 0.2) is 12.2 Å². The highest BCUT2D eigenvalue weighted by molar-refractivity contribution is 7.90. The number of rotatable bonds is 3. The van der Waals surface area contributed by atoms with Crippen LogP contribution in [-0.2, 0) is 29.1 Å². The molecule has 2 fully saturated rings. The van der Waals surface area contributed by atoms with Crippen molar-refractivity contribution in [1.29, 1.82) is 0 Å². The molecule has 5 atom stereocenters. The van der Waals surface area contributed by atoms with E-state index < -0.39 is 68.5 Å². The second-order valence-corrected chi connectivity index (χ2v) is 13.4. The summed E-state index contributed by atoms with van der Waals surface area (Å²) >= 11 is 0. The maximum atomic E-state index is 13.6. The number of fused-ring (bicyclic) bond motifs is 2. The van der Waals surface area contributed by atoms with E-state index in [2.05, 4.69) is 10.6 Å². The van der Waals surface area contributed by atoms with Crippen molar-refractivity contribution in [3.8, 4) is 0 Å². The Labute approximate surface area is 231 Å². The number of amides is 4. The minimum absolute atomic E-state index is 0.104. The predicted octanol–water partition coefficient (Wildman–Crippen LogP) is 2.48. The van der Waals surface area contributed by atoms with Crippen LogP contribution >= 0.6 is 0 Å². The Hall–Kier alpha value is -2.84. The quantitative estimate of drug-likeness (QED) is 0.425. The molecular weight excluding hydrogens is 557 g/mol. The number of carbonyl (C=O) groups is 4. The first-order valence-corrected chi connectivity index (χ1v) is 14.8. The first-order valence-electron chi connectivity index (χ1n) is 13.3. The average Bonchev–Trinajstić information content (AvgIpc) is 3.35. The molecule has 2 heterocycles. The van der Waals surface area contributed by atoms with Crippen molar-refractivity contribution >= 4 is 33.8 Å². The first kappa shape index (κ1) is 31.7. The van der Waals surface area contributed by atoms with Crippen LogP contribution in [0, 0.1) is 11.8 Å². The average molecular weight is 595 g/mol. The number of alkyl halides is 3. The highest BCUT2D eigenvalue weighted by Crippen LogP contribution is 2.46. The largest absolute Gasteiger partial charge is 0.516 e. The van der Waals surface area contributed by atoms with E-state index in [1.54, 1.807) is 32.9 Å². The third kappa shape index (κ3) is 7.46. The summed E-state index contributed by atoms with van der Waals surface area (Å²) in [5.41, 5.74) is -8.44. The van der Waals surface area contributed by atoms with Gasteiger partial charge in [0.25, 0.3) is 5.91 Å². The smallest absolute Gasteiger partial charge is 0.444 e. The monoisotopic (exact) mass is 594 g/mol. The van der Waals surface area contributed by atoms with Gasteiger partial charge in [-0.3, -0.25) is 14.4 Å². The number of sulfonamides is 1. The van der Waals surface area contributed by atoms with Gasteiger partial charge in [0.05, 0.1) is 0 Å². The van der Waals surface area contributed by atoms with Crippen LogP contribution in [-0.4, -0.2) is 72.4 Å². The number of nitrogens with zero attached hydrogens (tertiary/aromatic N) is 1. The minimum atomic E-state index is -6.00. The second kappa shape index (κ2) is 11.6. The molecule has 0 aromatic rings. The van der Waals surface area contributed by atoms with Gasteiger partial charge in [-0.25, -0.2) is 9.52 Å².